The zero-order valence-electron chi connectivity index (χ0n) is 8.94. The Morgan fingerprint density at radius 3 is 2.88 bits per heavy atom. The van der Waals surface area contributed by atoms with Gasteiger partial charge in [0.05, 0.1) is 22.8 Å². The molecule has 0 aliphatic carbocycles. The maximum atomic E-state index is 11.3. The average molecular weight is 255 g/mol. The molecule has 0 radical (unpaired) electrons. The molecule has 6 heteroatoms. The topological polar surface area (TPSA) is 69.6 Å². The van der Waals surface area contributed by atoms with Crippen LogP contribution in [0.4, 0.5) is 5.69 Å². The van der Waals surface area contributed by atoms with Gasteiger partial charge >= 0.3 is 5.97 Å². The van der Waals surface area contributed by atoms with Gasteiger partial charge in [-0.1, -0.05) is 17.7 Å². The summed E-state index contributed by atoms with van der Waals surface area (Å²) in [5.74, 6) is -1.18. The van der Waals surface area contributed by atoms with Crippen molar-refractivity contribution in [1.29, 1.82) is 0 Å². The molecule has 0 unspecified atom stereocenters. The van der Waals surface area contributed by atoms with Crippen molar-refractivity contribution in [1.82, 2.24) is 5.32 Å². The molecule has 1 saturated heterocycles. The third kappa shape index (κ3) is 2.34. The number of halogens is 1. The van der Waals surface area contributed by atoms with Gasteiger partial charge in [-0.15, -0.1) is 0 Å². The van der Waals surface area contributed by atoms with Crippen LogP contribution in [0, 0.1) is 0 Å². The third-order valence-corrected chi connectivity index (χ3v) is 2.88. The second-order valence-electron chi connectivity index (χ2n) is 3.71. The summed E-state index contributed by atoms with van der Waals surface area (Å²) in [5, 5.41) is 12.1. The van der Waals surface area contributed by atoms with Crippen LogP contribution >= 0.6 is 11.6 Å². The highest BCUT2D eigenvalue weighted by Gasteiger charge is 2.23. The van der Waals surface area contributed by atoms with Gasteiger partial charge in [0.25, 0.3) is 0 Å². The van der Waals surface area contributed by atoms with E-state index in [4.69, 9.17) is 16.7 Å². The summed E-state index contributed by atoms with van der Waals surface area (Å²) in [6, 6.07) is 4.69. The molecule has 0 atom stereocenters. The number of benzene rings is 1. The van der Waals surface area contributed by atoms with Crippen molar-refractivity contribution in [2.45, 2.75) is 0 Å². The van der Waals surface area contributed by atoms with Gasteiger partial charge in [-0.25, -0.2) is 4.79 Å². The van der Waals surface area contributed by atoms with Crippen LogP contribution in [0.25, 0.3) is 0 Å². The molecule has 5 nitrogen and oxygen atoms in total. The van der Waals surface area contributed by atoms with E-state index in [1.165, 1.54) is 6.07 Å². The standard InChI is InChI=1S/C11H11ClN2O3/c12-8-3-1-2-7(11(16)17)10(8)14-5-4-13-9(15)6-14/h1-3H,4-6H2,(H,13,15)(H,16,17). The van der Waals surface area contributed by atoms with E-state index in [-0.39, 0.29) is 18.0 Å². The van der Waals surface area contributed by atoms with Crippen LogP contribution in [0.3, 0.4) is 0 Å². The predicted octanol–water partition coefficient (Wildman–Crippen LogP) is 0.974. The molecule has 0 bridgehead atoms. The minimum absolute atomic E-state index is 0.118. The number of carbonyl (C=O) groups is 2. The Labute approximate surface area is 103 Å². The number of rotatable bonds is 2. The second-order valence-corrected chi connectivity index (χ2v) is 4.12. The van der Waals surface area contributed by atoms with Crippen molar-refractivity contribution < 1.29 is 14.7 Å². The lowest BCUT2D eigenvalue weighted by molar-refractivity contribution is -0.120. The van der Waals surface area contributed by atoms with Crippen molar-refractivity contribution >= 4 is 29.2 Å². The average Bonchev–Trinajstić information content (AvgIpc) is 2.28. The van der Waals surface area contributed by atoms with Crippen molar-refractivity contribution in [2.24, 2.45) is 0 Å². The number of anilines is 1. The highest BCUT2D eigenvalue weighted by atomic mass is 35.5. The molecule has 0 aromatic heterocycles. The Hall–Kier alpha value is -1.75. The molecule has 1 aromatic rings. The summed E-state index contributed by atoms with van der Waals surface area (Å²) in [6.45, 7) is 1.17. The van der Waals surface area contributed by atoms with Crippen molar-refractivity contribution in [3.8, 4) is 0 Å². The molecule has 1 aromatic carbocycles. The monoisotopic (exact) mass is 254 g/mol. The molecule has 2 rings (SSSR count). The third-order valence-electron chi connectivity index (χ3n) is 2.57. The molecule has 0 spiro atoms. The summed E-state index contributed by atoms with van der Waals surface area (Å²) in [7, 11) is 0. The Morgan fingerprint density at radius 1 is 1.47 bits per heavy atom. The molecular weight excluding hydrogens is 244 g/mol. The molecule has 1 amide bonds. The van der Waals surface area contributed by atoms with Gasteiger partial charge < -0.3 is 15.3 Å². The number of carboxylic acids is 1. The minimum Gasteiger partial charge on any atom is -0.478 e. The predicted molar refractivity (Wildman–Crippen MR) is 63.6 cm³/mol. The summed E-state index contributed by atoms with van der Waals surface area (Å²) in [6.07, 6.45) is 0. The summed E-state index contributed by atoms with van der Waals surface area (Å²) >= 11 is 6.02. The minimum atomic E-state index is -1.05. The summed E-state index contributed by atoms with van der Waals surface area (Å²) in [5.41, 5.74) is 0.531. The maximum Gasteiger partial charge on any atom is 0.337 e. The number of nitrogens with one attached hydrogen (secondary N) is 1. The summed E-state index contributed by atoms with van der Waals surface area (Å²) in [4.78, 5) is 24.1. The Kier molecular flexibility index (Phi) is 3.19. The second kappa shape index (κ2) is 4.63. The van der Waals surface area contributed by atoms with Gasteiger partial charge in [-0.05, 0) is 12.1 Å². The first kappa shape index (κ1) is 11.7. The van der Waals surface area contributed by atoms with E-state index in [1.54, 1.807) is 17.0 Å². The van der Waals surface area contributed by atoms with Crippen molar-refractivity contribution in [3.05, 3.63) is 28.8 Å². The fourth-order valence-electron chi connectivity index (χ4n) is 1.84. The fraction of sp³-hybridized carbons (Fsp3) is 0.273. The van der Waals surface area contributed by atoms with E-state index in [1.807, 2.05) is 0 Å². The fourth-order valence-corrected chi connectivity index (χ4v) is 2.13. The van der Waals surface area contributed by atoms with Crippen LogP contribution in [0.15, 0.2) is 18.2 Å². The molecule has 1 fully saturated rings. The lowest BCUT2D eigenvalue weighted by Gasteiger charge is -2.30. The normalized spacial score (nSPS) is 15.6. The first-order valence-electron chi connectivity index (χ1n) is 5.13. The van der Waals surface area contributed by atoms with Crippen molar-refractivity contribution in [3.63, 3.8) is 0 Å². The molecule has 1 heterocycles. The van der Waals surface area contributed by atoms with Crippen LogP contribution in [0.5, 0.6) is 0 Å². The van der Waals surface area contributed by atoms with Crippen LogP contribution in [-0.2, 0) is 4.79 Å². The van der Waals surface area contributed by atoms with Gasteiger partial charge in [-0.3, -0.25) is 4.79 Å². The van der Waals surface area contributed by atoms with E-state index in [0.717, 1.165) is 0 Å². The molecule has 0 saturated carbocycles. The quantitative estimate of drug-likeness (QED) is 0.825. The van der Waals surface area contributed by atoms with Crippen LogP contribution < -0.4 is 10.2 Å². The zero-order chi connectivity index (χ0) is 12.4. The molecule has 17 heavy (non-hydrogen) atoms. The van der Waals surface area contributed by atoms with Gasteiger partial charge in [0.15, 0.2) is 0 Å². The number of nitrogens with zero attached hydrogens (tertiary/aromatic N) is 1. The Bertz CT molecular complexity index is 476. The molecule has 1 aliphatic heterocycles. The lowest BCUT2D eigenvalue weighted by atomic mass is 10.1. The number of hydrogen-bond donors (Lipinski definition) is 2. The molecule has 1 aliphatic rings. The SMILES string of the molecule is O=C1CN(c2c(Cl)cccc2C(=O)O)CCN1. The van der Waals surface area contributed by atoms with E-state index in [9.17, 15) is 9.59 Å². The Balaban J connectivity index is 2.42. The number of piperazine rings is 1. The summed E-state index contributed by atoms with van der Waals surface area (Å²) < 4.78 is 0. The van der Waals surface area contributed by atoms with E-state index < -0.39 is 5.97 Å². The number of hydrogen-bond acceptors (Lipinski definition) is 3. The van der Waals surface area contributed by atoms with Gasteiger partial charge in [-0.2, -0.15) is 0 Å². The number of amides is 1. The maximum absolute atomic E-state index is 11.3. The highest BCUT2D eigenvalue weighted by molar-refractivity contribution is 6.34. The van der Waals surface area contributed by atoms with Gasteiger partial charge in [0, 0.05) is 13.1 Å². The molecule has 90 valence electrons. The van der Waals surface area contributed by atoms with E-state index >= 15 is 0 Å². The van der Waals surface area contributed by atoms with E-state index in [2.05, 4.69) is 5.32 Å². The molecule has 2 N–H and O–H groups in total. The van der Waals surface area contributed by atoms with Crippen LogP contribution in [0.1, 0.15) is 10.4 Å². The van der Waals surface area contributed by atoms with Gasteiger partial charge in [0.1, 0.15) is 0 Å². The number of carboxylic acid groups (broad SMARTS) is 1. The largest absolute Gasteiger partial charge is 0.478 e. The van der Waals surface area contributed by atoms with Crippen LogP contribution in [0.2, 0.25) is 5.02 Å². The smallest absolute Gasteiger partial charge is 0.337 e. The van der Waals surface area contributed by atoms with Crippen LogP contribution in [-0.4, -0.2) is 36.6 Å². The zero-order valence-corrected chi connectivity index (χ0v) is 9.70. The van der Waals surface area contributed by atoms with Gasteiger partial charge in [0.2, 0.25) is 5.91 Å². The number of carbonyl (C=O) groups excluding carboxylic acids is 1. The first-order valence-corrected chi connectivity index (χ1v) is 5.51. The highest BCUT2D eigenvalue weighted by Crippen LogP contribution is 2.30. The van der Waals surface area contributed by atoms with E-state index in [0.29, 0.717) is 23.8 Å². The Morgan fingerprint density at radius 2 is 2.24 bits per heavy atom. The number of aromatic carboxylic acids is 1. The lowest BCUT2D eigenvalue weighted by Crippen LogP contribution is -2.48. The first-order chi connectivity index (χ1) is 8.09. The molecular formula is C11H11ClN2O3. The van der Waals surface area contributed by atoms with Crippen molar-refractivity contribution in [2.75, 3.05) is 24.5 Å². The number of para-hydroxylation sites is 1.